The number of halogens is 1. The van der Waals surface area contributed by atoms with Crippen LogP contribution in [-0.2, 0) is 16.0 Å². The van der Waals surface area contributed by atoms with Gasteiger partial charge in [-0.2, -0.15) is 0 Å². The van der Waals surface area contributed by atoms with Gasteiger partial charge in [-0.3, -0.25) is 19.4 Å². The maximum absolute atomic E-state index is 12.9. The van der Waals surface area contributed by atoms with Crippen LogP contribution in [0.2, 0.25) is 5.02 Å². The average molecular weight is 455 g/mol. The normalized spacial score (nSPS) is 18.5. The Hall–Kier alpha value is -2.57. The van der Waals surface area contributed by atoms with Crippen LogP contribution in [0, 0.1) is 6.92 Å². The van der Waals surface area contributed by atoms with Crippen LogP contribution in [0.5, 0.6) is 0 Å². The predicted octanol–water partition coefficient (Wildman–Crippen LogP) is 3.25. The van der Waals surface area contributed by atoms with Crippen LogP contribution in [0.1, 0.15) is 24.5 Å². The number of benzene rings is 2. The molecule has 2 aliphatic rings. The maximum atomic E-state index is 12.9. The van der Waals surface area contributed by atoms with Crippen LogP contribution >= 0.6 is 11.6 Å². The lowest BCUT2D eigenvalue weighted by Gasteiger charge is -2.37. The van der Waals surface area contributed by atoms with Gasteiger partial charge >= 0.3 is 0 Å². The van der Waals surface area contributed by atoms with Gasteiger partial charge in [0.2, 0.25) is 11.8 Å². The molecule has 0 aromatic heterocycles. The first-order valence-electron chi connectivity index (χ1n) is 11.4. The van der Waals surface area contributed by atoms with E-state index >= 15 is 0 Å². The smallest absolute Gasteiger partial charge is 0.243 e. The number of anilines is 2. The van der Waals surface area contributed by atoms with E-state index in [1.54, 1.807) is 4.90 Å². The first-order chi connectivity index (χ1) is 15.5. The second kappa shape index (κ2) is 9.92. The lowest BCUT2D eigenvalue weighted by molar-refractivity contribution is -0.126. The minimum Gasteiger partial charge on any atom is -0.369 e. The molecule has 1 N–H and O–H groups in total. The zero-order valence-electron chi connectivity index (χ0n) is 18.8. The SMILES string of the molecule is CCC(=O)N1c2ccccc2C[C@H]1C(=O)NCCN1CCN(c2cc(Cl)ccc2C)CC1. The van der Waals surface area contributed by atoms with Crippen molar-refractivity contribution in [3.05, 3.63) is 58.6 Å². The molecule has 2 aliphatic heterocycles. The Bertz CT molecular complexity index is 988. The fraction of sp³-hybridized carbons (Fsp3) is 0.440. The van der Waals surface area contributed by atoms with Crippen molar-refractivity contribution < 1.29 is 9.59 Å². The van der Waals surface area contributed by atoms with E-state index in [4.69, 9.17) is 11.6 Å². The number of carbonyl (C=O) groups excluding carboxylic acids is 2. The number of rotatable bonds is 6. The van der Waals surface area contributed by atoms with Crippen molar-refractivity contribution in [2.24, 2.45) is 0 Å². The molecule has 0 aliphatic carbocycles. The minimum atomic E-state index is -0.456. The van der Waals surface area contributed by atoms with Gasteiger partial charge in [-0.15, -0.1) is 0 Å². The monoisotopic (exact) mass is 454 g/mol. The molecule has 0 radical (unpaired) electrons. The van der Waals surface area contributed by atoms with Gasteiger partial charge in [0.15, 0.2) is 0 Å². The molecule has 2 amide bonds. The summed E-state index contributed by atoms with van der Waals surface area (Å²) >= 11 is 6.18. The summed E-state index contributed by atoms with van der Waals surface area (Å²) in [6.07, 6.45) is 0.958. The summed E-state index contributed by atoms with van der Waals surface area (Å²) in [5, 5.41) is 3.83. The molecule has 4 rings (SSSR count). The van der Waals surface area contributed by atoms with Crippen LogP contribution in [0.25, 0.3) is 0 Å². The summed E-state index contributed by atoms with van der Waals surface area (Å²) in [4.78, 5) is 31.9. The van der Waals surface area contributed by atoms with Crippen molar-refractivity contribution in [3.8, 4) is 0 Å². The van der Waals surface area contributed by atoms with E-state index in [2.05, 4.69) is 28.1 Å². The van der Waals surface area contributed by atoms with Crippen LogP contribution in [0.4, 0.5) is 11.4 Å². The lowest BCUT2D eigenvalue weighted by Crippen LogP contribution is -2.51. The van der Waals surface area contributed by atoms with Crippen molar-refractivity contribution in [2.45, 2.75) is 32.7 Å². The van der Waals surface area contributed by atoms with Crippen molar-refractivity contribution in [1.29, 1.82) is 0 Å². The predicted molar refractivity (Wildman–Crippen MR) is 130 cm³/mol. The number of aryl methyl sites for hydroxylation is 1. The fourth-order valence-corrected chi connectivity index (χ4v) is 4.83. The highest BCUT2D eigenvalue weighted by molar-refractivity contribution is 6.30. The second-order valence-electron chi connectivity index (χ2n) is 8.52. The molecule has 170 valence electrons. The molecule has 2 aromatic rings. The van der Waals surface area contributed by atoms with Gasteiger partial charge in [0, 0.05) is 68.5 Å². The van der Waals surface area contributed by atoms with Crippen molar-refractivity contribution in [1.82, 2.24) is 10.2 Å². The Morgan fingerprint density at radius 3 is 2.56 bits per heavy atom. The zero-order chi connectivity index (χ0) is 22.7. The average Bonchev–Trinajstić information content (AvgIpc) is 3.20. The van der Waals surface area contributed by atoms with Crippen molar-refractivity contribution >= 4 is 34.8 Å². The van der Waals surface area contributed by atoms with Gasteiger partial charge in [0.25, 0.3) is 0 Å². The number of nitrogens with one attached hydrogen (secondary N) is 1. The fourth-order valence-electron chi connectivity index (χ4n) is 4.67. The summed E-state index contributed by atoms with van der Waals surface area (Å²) in [5.74, 6) is -0.0845. The molecule has 2 aromatic carbocycles. The van der Waals surface area contributed by atoms with Crippen molar-refractivity contribution in [3.63, 3.8) is 0 Å². The molecule has 32 heavy (non-hydrogen) atoms. The largest absolute Gasteiger partial charge is 0.369 e. The molecular formula is C25H31ClN4O2. The number of hydrogen-bond donors (Lipinski definition) is 1. The third-order valence-corrected chi connectivity index (χ3v) is 6.70. The van der Waals surface area contributed by atoms with Gasteiger partial charge < -0.3 is 10.2 Å². The highest BCUT2D eigenvalue weighted by Gasteiger charge is 2.37. The number of amides is 2. The summed E-state index contributed by atoms with van der Waals surface area (Å²) in [5.41, 5.74) is 4.36. The maximum Gasteiger partial charge on any atom is 0.243 e. The summed E-state index contributed by atoms with van der Waals surface area (Å²) in [7, 11) is 0. The zero-order valence-corrected chi connectivity index (χ0v) is 19.6. The number of para-hydroxylation sites is 1. The van der Waals surface area contributed by atoms with E-state index in [1.165, 1.54) is 11.3 Å². The Kier molecular flexibility index (Phi) is 7.01. The van der Waals surface area contributed by atoms with E-state index in [9.17, 15) is 9.59 Å². The van der Waals surface area contributed by atoms with E-state index in [0.717, 1.165) is 49.0 Å². The molecule has 1 fully saturated rings. The summed E-state index contributed by atoms with van der Waals surface area (Å²) in [6.45, 7) is 9.09. The highest BCUT2D eigenvalue weighted by atomic mass is 35.5. The van der Waals surface area contributed by atoms with Crippen LogP contribution in [0.15, 0.2) is 42.5 Å². The number of piperazine rings is 1. The van der Waals surface area contributed by atoms with E-state index < -0.39 is 6.04 Å². The molecule has 0 unspecified atom stereocenters. The molecule has 0 saturated carbocycles. The minimum absolute atomic E-state index is 0.0115. The number of fused-ring (bicyclic) bond motifs is 1. The van der Waals surface area contributed by atoms with Gasteiger partial charge in [0.1, 0.15) is 6.04 Å². The Labute approximate surface area is 195 Å². The Morgan fingerprint density at radius 2 is 1.81 bits per heavy atom. The van der Waals surface area contributed by atoms with E-state index in [-0.39, 0.29) is 11.8 Å². The number of carbonyl (C=O) groups is 2. The van der Waals surface area contributed by atoms with Gasteiger partial charge in [-0.1, -0.05) is 42.8 Å². The standard InChI is InChI=1S/C25H31ClN4O2/c1-3-24(31)30-21-7-5-4-6-19(21)16-23(30)25(32)27-10-11-28-12-14-29(15-13-28)22-17-20(26)9-8-18(22)2/h4-9,17,23H,3,10-16H2,1-2H3,(H,27,32)/t23-/m0/s1. The van der Waals surface area contributed by atoms with E-state index in [1.807, 2.05) is 43.3 Å². The molecule has 1 atom stereocenters. The molecule has 0 bridgehead atoms. The highest BCUT2D eigenvalue weighted by Crippen LogP contribution is 2.32. The number of nitrogens with zero attached hydrogens (tertiary/aromatic N) is 3. The number of hydrogen-bond acceptors (Lipinski definition) is 4. The molecule has 2 heterocycles. The van der Waals surface area contributed by atoms with Gasteiger partial charge in [-0.05, 0) is 36.2 Å². The van der Waals surface area contributed by atoms with Crippen LogP contribution in [0.3, 0.4) is 0 Å². The van der Waals surface area contributed by atoms with Crippen LogP contribution < -0.4 is 15.1 Å². The van der Waals surface area contributed by atoms with Gasteiger partial charge in [-0.25, -0.2) is 0 Å². The quantitative estimate of drug-likeness (QED) is 0.728. The Morgan fingerprint density at radius 1 is 1.06 bits per heavy atom. The van der Waals surface area contributed by atoms with Crippen molar-refractivity contribution in [2.75, 3.05) is 49.1 Å². The first-order valence-corrected chi connectivity index (χ1v) is 11.8. The molecule has 6 nitrogen and oxygen atoms in total. The second-order valence-corrected chi connectivity index (χ2v) is 8.95. The molecule has 7 heteroatoms. The first kappa shape index (κ1) is 22.6. The Balaban J connectivity index is 1.27. The third kappa shape index (κ3) is 4.76. The molecular weight excluding hydrogens is 424 g/mol. The van der Waals surface area contributed by atoms with E-state index in [0.29, 0.717) is 19.4 Å². The third-order valence-electron chi connectivity index (χ3n) is 6.46. The van der Waals surface area contributed by atoms with Crippen LogP contribution in [-0.4, -0.2) is 62.0 Å². The summed E-state index contributed by atoms with van der Waals surface area (Å²) in [6, 6.07) is 13.4. The lowest BCUT2D eigenvalue weighted by atomic mass is 10.1. The molecule has 1 saturated heterocycles. The summed E-state index contributed by atoms with van der Waals surface area (Å²) < 4.78 is 0. The van der Waals surface area contributed by atoms with Gasteiger partial charge in [0.05, 0.1) is 0 Å². The molecule has 0 spiro atoms. The topological polar surface area (TPSA) is 55.9 Å².